The highest BCUT2D eigenvalue weighted by Crippen LogP contribution is 2.16. The first-order valence-electron chi connectivity index (χ1n) is 8.98. The van der Waals surface area contributed by atoms with Gasteiger partial charge in [-0.1, -0.05) is 60.7 Å². The fourth-order valence-electron chi connectivity index (χ4n) is 2.50. The van der Waals surface area contributed by atoms with Gasteiger partial charge in [0.15, 0.2) is 6.61 Å². The third kappa shape index (κ3) is 5.99. The largest absolute Gasteiger partial charge is 0.489 e. The summed E-state index contributed by atoms with van der Waals surface area (Å²) >= 11 is 0. The van der Waals surface area contributed by atoms with Gasteiger partial charge in [0, 0.05) is 0 Å². The molecule has 3 aromatic carbocycles. The second kappa shape index (κ2) is 9.92. The fraction of sp³-hybridized carbons (Fsp3) is 0.130. The number of para-hydroxylation sites is 1. The predicted octanol–water partition coefficient (Wildman–Crippen LogP) is 4.10. The number of benzene rings is 3. The highest BCUT2D eigenvalue weighted by atomic mass is 16.5. The number of hydrazone groups is 1. The molecule has 0 heterocycles. The van der Waals surface area contributed by atoms with E-state index in [1.165, 1.54) is 0 Å². The minimum Gasteiger partial charge on any atom is -0.489 e. The molecule has 5 heteroatoms. The maximum absolute atomic E-state index is 11.9. The van der Waals surface area contributed by atoms with Gasteiger partial charge in [0.05, 0.1) is 6.21 Å². The summed E-state index contributed by atoms with van der Waals surface area (Å²) in [5.41, 5.74) is 5.36. The Balaban J connectivity index is 1.47. The molecule has 1 N–H and O–H groups in total. The molecule has 3 rings (SSSR count). The van der Waals surface area contributed by atoms with Crippen LogP contribution in [0.3, 0.4) is 0 Å². The third-order valence-electron chi connectivity index (χ3n) is 3.96. The number of hydrogen-bond donors (Lipinski definition) is 1. The van der Waals surface area contributed by atoms with Gasteiger partial charge in [0.25, 0.3) is 5.91 Å². The molecule has 0 aliphatic heterocycles. The lowest BCUT2D eigenvalue weighted by Crippen LogP contribution is -2.24. The summed E-state index contributed by atoms with van der Waals surface area (Å²) in [5, 5.41) is 3.98. The Labute approximate surface area is 164 Å². The second-order valence-electron chi connectivity index (χ2n) is 6.19. The minimum absolute atomic E-state index is 0.0948. The fourth-order valence-corrected chi connectivity index (χ4v) is 2.50. The Morgan fingerprint density at radius 2 is 1.75 bits per heavy atom. The van der Waals surface area contributed by atoms with E-state index in [1.54, 1.807) is 6.21 Å². The monoisotopic (exact) mass is 374 g/mol. The molecule has 3 aromatic rings. The second-order valence-corrected chi connectivity index (χ2v) is 6.19. The van der Waals surface area contributed by atoms with Crippen molar-refractivity contribution in [2.24, 2.45) is 5.10 Å². The molecule has 0 spiro atoms. The average molecular weight is 374 g/mol. The Morgan fingerprint density at radius 1 is 0.964 bits per heavy atom. The zero-order valence-corrected chi connectivity index (χ0v) is 15.7. The van der Waals surface area contributed by atoms with Crippen molar-refractivity contribution in [2.75, 3.05) is 6.61 Å². The lowest BCUT2D eigenvalue weighted by Gasteiger charge is -2.07. The van der Waals surface area contributed by atoms with Crippen molar-refractivity contribution in [2.45, 2.75) is 13.5 Å². The first kappa shape index (κ1) is 19.2. The molecule has 0 saturated heterocycles. The number of aryl methyl sites for hydroxylation is 1. The van der Waals surface area contributed by atoms with E-state index in [-0.39, 0.29) is 12.5 Å². The van der Waals surface area contributed by atoms with Crippen LogP contribution in [0.2, 0.25) is 0 Å². The number of rotatable bonds is 8. The molecule has 0 aromatic heterocycles. The zero-order chi connectivity index (χ0) is 19.6. The first-order valence-corrected chi connectivity index (χ1v) is 8.98. The molecule has 142 valence electrons. The molecule has 0 unspecified atom stereocenters. The molecule has 0 atom stereocenters. The van der Waals surface area contributed by atoms with E-state index in [4.69, 9.17) is 9.47 Å². The highest BCUT2D eigenvalue weighted by molar-refractivity contribution is 5.83. The summed E-state index contributed by atoms with van der Waals surface area (Å²) in [4.78, 5) is 11.9. The van der Waals surface area contributed by atoms with E-state index >= 15 is 0 Å². The number of ether oxygens (including phenoxy) is 2. The van der Waals surface area contributed by atoms with Crippen LogP contribution in [0.25, 0.3) is 0 Å². The lowest BCUT2D eigenvalue weighted by atomic mass is 10.2. The zero-order valence-electron chi connectivity index (χ0n) is 15.7. The van der Waals surface area contributed by atoms with E-state index in [0.717, 1.165) is 22.4 Å². The minimum atomic E-state index is -0.323. The van der Waals surface area contributed by atoms with Crippen LogP contribution in [0.5, 0.6) is 11.5 Å². The quantitative estimate of drug-likeness (QED) is 0.477. The molecular weight excluding hydrogens is 352 g/mol. The van der Waals surface area contributed by atoms with Crippen molar-refractivity contribution in [1.29, 1.82) is 0 Å². The smallest absolute Gasteiger partial charge is 0.277 e. The first-order chi connectivity index (χ1) is 13.7. The van der Waals surface area contributed by atoms with Crippen molar-refractivity contribution in [1.82, 2.24) is 5.43 Å². The van der Waals surface area contributed by atoms with Gasteiger partial charge in [-0.15, -0.1) is 0 Å². The van der Waals surface area contributed by atoms with Crippen molar-refractivity contribution >= 4 is 12.1 Å². The van der Waals surface area contributed by atoms with Crippen LogP contribution < -0.4 is 14.9 Å². The summed E-state index contributed by atoms with van der Waals surface area (Å²) in [6.07, 6.45) is 1.57. The van der Waals surface area contributed by atoms with Crippen LogP contribution in [-0.2, 0) is 11.4 Å². The van der Waals surface area contributed by atoms with Gasteiger partial charge >= 0.3 is 0 Å². The maximum Gasteiger partial charge on any atom is 0.277 e. The summed E-state index contributed by atoms with van der Waals surface area (Å²) in [7, 11) is 0. The topological polar surface area (TPSA) is 59.9 Å². The number of carbonyl (C=O) groups excluding carboxylic acids is 1. The van der Waals surface area contributed by atoms with Gasteiger partial charge in [-0.3, -0.25) is 4.79 Å². The Kier molecular flexibility index (Phi) is 6.79. The number of amides is 1. The van der Waals surface area contributed by atoms with Crippen molar-refractivity contribution < 1.29 is 14.3 Å². The lowest BCUT2D eigenvalue weighted by molar-refractivity contribution is -0.123. The number of carbonyl (C=O) groups is 1. The van der Waals surface area contributed by atoms with Gasteiger partial charge in [0.1, 0.15) is 18.1 Å². The van der Waals surface area contributed by atoms with E-state index < -0.39 is 0 Å². The summed E-state index contributed by atoms with van der Waals surface area (Å²) in [5.74, 6) is 1.10. The van der Waals surface area contributed by atoms with Crippen LogP contribution in [0.15, 0.2) is 84.0 Å². The number of nitrogens with one attached hydrogen (secondary N) is 1. The van der Waals surface area contributed by atoms with E-state index in [9.17, 15) is 4.79 Å². The molecule has 0 aliphatic rings. The summed E-state index contributed by atoms with van der Waals surface area (Å²) in [6.45, 7) is 2.33. The van der Waals surface area contributed by atoms with Crippen LogP contribution in [0, 0.1) is 6.92 Å². The molecule has 0 fully saturated rings. The predicted molar refractivity (Wildman–Crippen MR) is 110 cm³/mol. The van der Waals surface area contributed by atoms with Crippen LogP contribution in [-0.4, -0.2) is 18.7 Å². The molecule has 28 heavy (non-hydrogen) atoms. The normalized spacial score (nSPS) is 10.6. The molecule has 0 radical (unpaired) electrons. The summed E-state index contributed by atoms with van der Waals surface area (Å²) < 4.78 is 11.3. The highest BCUT2D eigenvalue weighted by Gasteiger charge is 2.03. The van der Waals surface area contributed by atoms with E-state index in [0.29, 0.717) is 12.4 Å². The van der Waals surface area contributed by atoms with Crippen LogP contribution in [0.1, 0.15) is 16.7 Å². The van der Waals surface area contributed by atoms with Crippen LogP contribution in [0.4, 0.5) is 0 Å². The van der Waals surface area contributed by atoms with Gasteiger partial charge in [-0.05, 0) is 41.8 Å². The van der Waals surface area contributed by atoms with Crippen molar-refractivity contribution in [3.63, 3.8) is 0 Å². The average Bonchev–Trinajstić information content (AvgIpc) is 2.73. The van der Waals surface area contributed by atoms with Gasteiger partial charge in [-0.2, -0.15) is 5.10 Å². The molecule has 0 bridgehead atoms. The SMILES string of the molecule is Cc1ccccc1OCC(=O)N/N=C\c1cccc(OCc2ccccc2)c1. The molecular formula is C23H22N2O3. The summed E-state index contributed by atoms with van der Waals surface area (Å²) in [6, 6.07) is 25.0. The van der Waals surface area contributed by atoms with Crippen LogP contribution >= 0.6 is 0 Å². The Bertz CT molecular complexity index is 939. The molecule has 0 saturated carbocycles. The number of hydrogen-bond acceptors (Lipinski definition) is 4. The van der Waals surface area contributed by atoms with Crippen molar-refractivity contribution in [3.8, 4) is 11.5 Å². The Hall–Kier alpha value is -3.60. The van der Waals surface area contributed by atoms with Gasteiger partial charge < -0.3 is 9.47 Å². The van der Waals surface area contributed by atoms with Gasteiger partial charge in [0.2, 0.25) is 0 Å². The standard InChI is InChI=1S/C23H22N2O3/c1-18-8-5-6-13-22(18)28-17-23(26)25-24-15-20-11-7-12-21(14-20)27-16-19-9-3-2-4-10-19/h2-15H,16-17H2,1H3,(H,25,26)/b24-15-. The third-order valence-corrected chi connectivity index (χ3v) is 3.96. The van der Waals surface area contributed by atoms with E-state index in [2.05, 4.69) is 10.5 Å². The number of nitrogens with zero attached hydrogens (tertiary/aromatic N) is 1. The maximum atomic E-state index is 11.9. The molecule has 5 nitrogen and oxygen atoms in total. The van der Waals surface area contributed by atoms with E-state index in [1.807, 2.05) is 85.8 Å². The van der Waals surface area contributed by atoms with Gasteiger partial charge in [-0.25, -0.2) is 5.43 Å². The van der Waals surface area contributed by atoms with Crippen molar-refractivity contribution in [3.05, 3.63) is 95.6 Å². The molecule has 1 amide bonds. The Morgan fingerprint density at radius 3 is 2.57 bits per heavy atom. The molecule has 0 aliphatic carbocycles.